The van der Waals surface area contributed by atoms with Crippen LogP contribution >= 0.6 is 24.8 Å². The number of nitrogens with zero attached hydrogens (tertiary/aromatic N) is 1. The topological polar surface area (TPSA) is 58.4 Å². The molecule has 2 aliphatic rings. The van der Waals surface area contributed by atoms with Crippen molar-refractivity contribution in [2.75, 3.05) is 6.54 Å². The van der Waals surface area contributed by atoms with E-state index in [9.17, 15) is 4.79 Å². The van der Waals surface area contributed by atoms with Crippen molar-refractivity contribution in [2.45, 2.75) is 77.0 Å². The highest BCUT2D eigenvalue weighted by Crippen LogP contribution is 2.24. The first-order valence-electron chi connectivity index (χ1n) is 9.97. The molecule has 0 radical (unpaired) electrons. The van der Waals surface area contributed by atoms with Crippen LogP contribution in [0.3, 0.4) is 0 Å². The second kappa shape index (κ2) is 11.9. The minimum Gasteiger partial charge on any atom is -0.352 e. The lowest BCUT2D eigenvalue weighted by Gasteiger charge is -2.34. The Morgan fingerprint density at radius 2 is 1.85 bits per heavy atom. The third-order valence-electron chi connectivity index (χ3n) is 5.97. The van der Waals surface area contributed by atoms with Crippen molar-refractivity contribution in [1.29, 1.82) is 0 Å². The maximum Gasteiger partial charge on any atom is 0.223 e. The zero-order chi connectivity index (χ0) is 17.6. The number of carbonyl (C=O) groups is 1. The molecular weight excluding hydrogens is 381 g/mol. The van der Waals surface area contributed by atoms with Gasteiger partial charge in [0.15, 0.2) is 0 Å². The first kappa shape index (κ1) is 24.2. The lowest BCUT2D eigenvalue weighted by Crippen LogP contribution is -2.38. The monoisotopic (exact) mass is 415 g/mol. The first-order chi connectivity index (χ1) is 12.1. The molecule has 2 fully saturated rings. The van der Waals surface area contributed by atoms with Gasteiger partial charge in [-0.15, -0.1) is 24.8 Å². The molecule has 154 valence electrons. The standard InChI is InChI=1S/C21H33N3O.2ClH/c1-16-7-4-5-12-24(16)15-19-9-3-2-8-18(19)14-23-21(25)17-10-6-11-20(22)13-17;;/h2-3,8-9,16-17,20H,4-7,10-15,22H2,1H3,(H,23,25);2*1H. The zero-order valence-corrected chi connectivity index (χ0v) is 18.0. The Morgan fingerprint density at radius 3 is 2.56 bits per heavy atom. The van der Waals surface area contributed by atoms with E-state index in [2.05, 4.69) is 41.4 Å². The number of hydrogen-bond acceptors (Lipinski definition) is 3. The molecule has 1 amide bonds. The van der Waals surface area contributed by atoms with Gasteiger partial charge in [-0.2, -0.15) is 0 Å². The van der Waals surface area contributed by atoms with E-state index in [1.807, 2.05) is 0 Å². The summed E-state index contributed by atoms with van der Waals surface area (Å²) in [6.45, 7) is 5.13. The molecule has 1 aliphatic carbocycles. The molecule has 3 unspecified atom stereocenters. The largest absolute Gasteiger partial charge is 0.352 e. The summed E-state index contributed by atoms with van der Waals surface area (Å²) >= 11 is 0. The molecule has 1 heterocycles. The highest BCUT2D eigenvalue weighted by atomic mass is 35.5. The average molecular weight is 416 g/mol. The Hall–Kier alpha value is -0.810. The molecule has 6 heteroatoms. The molecule has 1 aliphatic heterocycles. The van der Waals surface area contributed by atoms with Gasteiger partial charge in [-0.25, -0.2) is 0 Å². The number of halogens is 2. The summed E-state index contributed by atoms with van der Waals surface area (Å²) in [7, 11) is 0. The second-order valence-electron chi connectivity index (χ2n) is 7.93. The molecule has 27 heavy (non-hydrogen) atoms. The van der Waals surface area contributed by atoms with Gasteiger partial charge >= 0.3 is 0 Å². The normalized spacial score (nSPS) is 25.8. The fraction of sp³-hybridized carbons (Fsp3) is 0.667. The first-order valence-corrected chi connectivity index (χ1v) is 9.97. The van der Waals surface area contributed by atoms with E-state index in [0.717, 1.165) is 32.2 Å². The molecule has 1 aromatic carbocycles. The lowest BCUT2D eigenvalue weighted by atomic mass is 9.85. The predicted molar refractivity (Wildman–Crippen MR) is 116 cm³/mol. The van der Waals surface area contributed by atoms with Gasteiger partial charge in [-0.05, 0) is 56.7 Å². The van der Waals surface area contributed by atoms with Crippen molar-refractivity contribution in [1.82, 2.24) is 10.2 Å². The molecule has 3 N–H and O–H groups in total. The number of carbonyl (C=O) groups excluding carboxylic acids is 1. The Bertz CT molecular complexity index is 584. The van der Waals surface area contributed by atoms with Crippen molar-refractivity contribution in [3.63, 3.8) is 0 Å². The van der Waals surface area contributed by atoms with E-state index in [-0.39, 0.29) is 42.7 Å². The smallest absolute Gasteiger partial charge is 0.223 e. The molecule has 1 saturated carbocycles. The van der Waals surface area contributed by atoms with Crippen LogP contribution in [0.1, 0.15) is 63.0 Å². The number of rotatable bonds is 5. The fourth-order valence-electron chi connectivity index (χ4n) is 4.29. The SMILES string of the molecule is CC1CCCCN1Cc1ccccc1CNC(=O)C1CCCC(N)C1.Cl.Cl. The van der Waals surface area contributed by atoms with Crippen LogP contribution in [-0.4, -0.2) is 29.4 Å². The molecule has 3 atom stereocenters. The maximum atomic E-state index is 12.5. The number of amides is 1. The minimum atomic E-state index is 0. The average Bonchev–Trinajstić information content (AvgIpc) is 2.62. The Morgan fingerprint density at radius 1 is 1.11 bits per heavy atom. The van der Waals surface area contributed by atoms with Gasteiger partial charge in [-0.1, -0.05) is 37.1 Å². The van der Waals surface area contributed by atoms with Gasteiger partial charge in [0.1, 0.15) is 0 Å². The van der Waals surface area contributed by atoms with Crippen LogP contribution in [0.4, 0.5) is 0 Å². The van der Waals surface area contributed by atoms with E-state index in [1.165, 1.54) is 36.9 Å². The van der Waals surface area contributed by atoms with Crippen molar-refractivity contribution < 1.29 is 4.79 Å². The van der Waals surface area contributed by atoms with Gasteiger partial charge in [0, 0.05) is 31.1 Å². The summed E-state index contributed by atoms with van der Waals surface area (Å²) in [6, 6.07) is 9.38. The van der Waals surface area contributed by atoms with Crippen LogP contribution in [0.2, 0.25) is 0 Å². The van der Waals surface area contributed by atoms with Crippen molar-refractivity contribution in [3.8, 4) is 0 Å². The molecule has 0 spiro atoms. The lowest BCUT2D eigenvalue weighted by molar-refractivity contribution is -0.126. The van der Waals surface area contributed by atoms with Crippen LogP contribution in [0.25, 0.3) is 0 Å². The Kier molecular flexibility index (Phi) is 10.7. The number of benzene rings is 1. The summed E-state index contributed by atoms with van der Waals surface area (Å²) < 4.78 is 0. The van der Waals surface area contributed by atoms with Gasteiger partial charge < -0.3 is 11.1 Å². The number of nitrogens with one attached hydrogen (secondary N) is 1. The number of likely N-dealkylation sites (tertiary alicyclic amines) is 1. The van der Waals surface area contributed by atoms with Gasteiger partial charge in [-0.3, -0.25) is 9.69 Å². The molecule has 0 bridgehead atoms. The Labute approximate surface area is 176 Å². The maximum absolute atomic E-state index is 12.5. The van der Waals surface area contributed by atoms with Gasteiger partial charge in [0.25, 0.3) is 0 Å². The van der Waals surface area contributed by atoms with E-state index >= 15 is 0 Å². The number of piperidine rings is 1. The third kappa shape index (κ3) is 6.94. The minimum absolute atomic E-state index is 0. The molecule has 1 aromatic rings. The quantitative estimate of drug-likeness (QED) is 0.762. The number of hydrogen-bond donors (Lipinski definition) is 2. The summed E-state index contributed by atoms with van der Waals surface area (Å²) in [5.41, 5.74) is 8.61. The van der Waals surface area contributed by atoms with Crippen LogP contribution in [0.5, 0.6) is 0 Å². The molecule has 0 aromatic heterocycles. The highest BCUT2D eigenvalue weighted by molar-refractivity contribution is 5.85. The van der Waals surface area contributed by atoms with E-state index in [4.69, 9.17) is 5.73 Å². The van der Waals surface area contributed by atoms with E-state index < -0.39 is 0 Å². The third-order valence-corrected chi connectivity index (χ3v) is 5.97. The number of nitrogens with two attached hydrogens (primary N) is 1. The van der Waals surface area contributed by atoms with Gasteiger partial charge in [0.2, 0.25) is 5.91 Å². The van der Waals surface area contributed by atoms with Gasteiger partial charge in [0.05, 0.1) is 0 Å². The van der Waals surface area contributed by atoms with Crippen molar-refractivity contribution in [3.05, 3.63) is 35.4 Å². The second-order valence-corrected chi connectivity index (χ2v) is 7.93. The van der Waals surface area contributed by atoms with Crippen LogP contribution < -0.4 is 11.1 Å². The summed E-state index contributed by atoms with van der Waals surface area (Å²) in [5.74, 6) is 0.273. The fourth-order valence-corrected chi connectivity index (χ4v) is 4.29. The summed E-state index contributed by atoms with van der Waals surface area (Å²) in [4.78, 5) is 15.1. The highest BCUT2D eigenvalue weighted by Gasteiger charge is 2.25. The Balaban J connectivity index is 0.00000182. The zero-order valence-electron chi connectivity index (χ0n) is 16.4. The van der Waals surface area contributed by atoms with Crippen LogP contribution in [0, 0.1) is 5.92 Å². The molecular formula is C21H35Cl2N3O. The summed E-state index contributed by atoms with van der Waals surface area (Å²) in [5, 5.41) is 3.17. The van der Waals surface area contributed by atoms with Crippen molar-refractivity contribution >= 4 is 30.7 Å². The van der Waals surface area contributed by atoms with Crippen molar-refractivity contribution in [2.24, 2.45) is 11.7 Å². The molecule has 4 nitrogen and oxygen atoms in total. The predicted octanol–water partition coefficient (Wildman–Crippen LogP) is 4.04. The molecule has 3 rings (SSSR count). The molecule has 1 saturated heterocycles. The van der Waals surface area contributed by atoms with E-state index in [0.29, 0.717) is 12.6 Å². The van der Waals surface area contributed by atoms with Crippen LogP contribution in [-0.2, 0) is 17.9 Å². The van der Waals surface area contributed by atoms with Crippen LogP contribution in [0.15, 0.2) is 24.3 Å². The summed E-state index contributed by atoms with van der Waals surface area (Å²) in [6.07, 6.45) is 7.87. The van der Waals surface area contributed by atoms with E-state index in [1.54, 1.807) is 0 Å².